The fourth-order valence-corrected chi connectivity index (χ4v) is 3.65. The topological polar surface area (TPSA) is 61.4 Å². The van der Waals surface area contributed by atoms with Crippen LogP contribution < -0.4 is 14.9 Å². The predicted octanol–water partition coefficient (Wildman–Crippen LogP) is 5.70. The molecule has 2 amide bonds. The summed E-state index contributed by atoms with van der Waals surface area (Å²) in [5.74, 6) is 0.678. The lowest BCUT2D eigenvalue weighted by molar-refractivity contribution is -0.105. The van der Waals surface area contributed by atoms with Gasteiger partial charge in [0.2, 0.25) is 6.41 Å². The highest BCUT2D eigenvalue weighted by molar-refractivity contribution is 8.00. The standard InChI is InChI=1S/C19H21Cl2N3O2S/c1-3-9-27-24(4-2)14-6-7-15(17(21)11-14)19(26)23-13-5-8-16(20)18(10-13)22-12-25/h5-8,10-12H,3-4,9H2,1-2H3,(H,22,25)(H,23,26). The largest absolute Gasteiger partial charge is 0.327 e. The summed E-state index contributed by atoms with van der Waals surface area (Å²) in [7, 11) is 0. The van der Waals surface area contributed by atoms with E-state index in [-0.39, 0.29) is 5.91 Å². The first-order chi connectivity index (χ1) is 13.0. The number of rotatable bonds is 9. The van der Waals surface area contributed by atoms with E-state index in [9.17, 15) is 9.59 Å². The van der Waals surface area contributed by atoms with Crippen molar-refractivity contribution >= 4 is 64.5 Å². The van der Waals surface area contributed by atoms with Crippen molar-refractivity contribution in [3.05, 3.63) is 52.0 Å². The summed E-state index contributed by atoms with van der Waals surface area (Å²) in [6, 6.07) is 10.2. The maximum Gasteiger partial charge on any atom is 0.257 e. The molecule has 2 N–H and O–H groups in total. The van der Waals surface area contributed by atoms with Gasteiger partial charge in [-0.25, -0.2) is 0 Å². The molecule has 0 fully saturated rings. The van der Waals surface area contributed by atoms with Gasteiger partial charge in [-0.3, -0.25) is 9.59 Å². The quantitative estimate of drug-likeness (QED) is 0.399. The highest BCUT2D eigenvalue weighted by Gasteiger charge is 2.14. The minimum absolute atomic E-state index is 0.338. The van der Waals surface area contributed by atoms with Gasteiger partial charge in [-0.1, -0.05) is 30.1 Å². The molecule has 0 saturated carbocycles. The molecule has 144 valence electrons. The minimum atomic E-state index is -0.338. The predicted molar refractivity (Wildman–Crippen MR) is 116 cm³/mol. The van der Waals surface area contributed by atoms with Gasteiger partial charge in [0.25, 0.3) is 5.91 Å². The van der Waals surface area contributed by atoms with Crippen LogP contribution in [0.15, 0.2) is 36.4 Å². The molecule has 0 spiro atoms. The summed E-state index contributed by atoms with van der Waals surface area (Å²) >= 11 is 14.1. The van der Waals surface area contributed by atoms with Crippen LogP contribution >= 0.6 is 35.1 Å². The highest BCUT2D eigenvalue weighted by Crippen LogP contribution is 2.29. The van der Waals surface area contributed by atoms with Crippen LogP contribution in [0.2, 0.25) is 10.0 Å². The minimum Gasteiger partial charge on any atom is -0.327 e. The molecule has 2 aromatic rings. The molecule has 0 radical (unpaired) electrons. The second-order valence-corrected chi connectivity index (χ2v) is 7.52. The summed E-state index contributed by atoms with van der Waals surface area (Å²) in [4.78, 5) is 23.2. The zero-order valence-corrected chi connectivity index (χ0v) is 17.4. The van der Waals surface area contributed by atoms with Crippen molar-refractivity contribution in [3.8, 4) is 0 Å². The Hall–Kier alpha value is -1.89. The van der Waals surface area contributed by atoms with Crippen LogP contribution in [0, 0.1) is 0 Å². The van der Waals surface area contributed by atoms with E-state index in [4.69, 9.17) is 23.2 Å². The molecular formula is C19H21Cl2N3O2S. The van der Waals surface area contributed by atoms with Crippen LogP contribution in [0.1, 0.15) is 30.6 Å². The normalized spacial score (nSPS) is 10.4. The molecule has 2 rings (SSSR count). The lowest BCUT2D eigenvalue weighted by Crippen LogP contribution is -2.16. The smallest absolute Gasteiger partial charge is 0.257 e. The first-order valence-corrected chi connectivity index (χ1v) is 10.2. The van der Waals surface area contributed by atoms with Crippen molar-refractivity contribution in [2.75, 3.05) is 27.2 Å². The summed E-state index contributed by atoms with van der Waals surface area (Å²) in [6.07, 6.45) is 1.61. The van der Waals surface area contributed by atoms with Gasteiger partial charge in [-0.2, -0.15) is 0 Å². The van der Waals surface area contributed by atoms with Crippen LogP contribution in [0.3, 0.4) is 0 Å². The molecule has 27 heavy (non-hydrogen) atoms. The maximum atomic E-state index is 12.6. The average molecular weight is 426 g/mol. The Morgan fingerprint density at radius 3 is 2.56 bits per heavy atom. The third kappa shape index (κ3) is 5.79. The van der Waals surface area contributed by atoms with Crippen LogP contribution in [-0.2, 0) is 4.79 Å². The van der Waals surface area contributed by atoms with Gasteiger partial charge >= 0.3 is 0 Å². The van der Waals surface area contributed by atoms with Crippen molar-refractivity contribution in [1.29, 1.82) is 0 Å². The number of hydrogen-bond acceptors (Lipinski definition) is 4. The monoisotopic (exact) mass is 425 g/mol. The van der Waals surface area contributed by atoms with Crippen LogP contribution in [-0.4, -0.2) is 24.6 Å². The molecule has 0 unspecified atom stereocenters. The number of hydrogen-bond donors (Lipinski definition) is 2. The van der Waals surface area contributed by atoms with E-state index in [1.54, 1.807) is 42.3 Å². The molecule has 0 saturated heterocycles. The van der Waals surface area contributed by atoms with E-state index in [1.165, 1.54) is 0 Å². The van der Waals surface area contributed by atoms with E-state index in [0.29, 0.717) is 33.4 Å². The number of halogens is 2. The van der Waals surface area contributed by atoms with Gasteiger partial charge in [0.15, 0.2) is 0 Å². The Bertz CT molecular complexity index is 818. The number of carbonyl (C=O) groups excluding carboxylic acids is 2. The van der Waals surface area contributed by atoms with Crippen LogP contribution in [0.5, 0.6) is 0 Å². The number of nitrogens with zero attached hydrogens (tertiary/aromatic N) is 1. The molecule has 0 atom stereocenters. The Balaban J connectivity index is 2.17. The highest BCUT2D eigenvalue weighted by atomic mass is 35.5. The van der Waals surface area contributed by atoms with Gasteiger partial charge in [0.1, 0.15) is 0 Å². The Morgan fingerprint density at radius 2 is 1.93 bits per heavy atom. The lowest BCUT2D eigenvalue weighted by atomic mass is 10.1. The second kappa shape index (κ2) is 10.4. The summed E-state index contributed by atoms with van der Waals surface area (Å²) < 4.78 is 2.15. The Morgan fingerprint density at radius 1 is 1.15 bits per heavy atom. The van der Waals surface area contributed by atoms with E-state index < -0.39 is 0 Å². The second-order valence-electron chi connectivity index (χ2n) is 5.60. The van der Waals surface area contributed by atoms with E-state index >= 15 is 0 Å². The fourth-order valence-electron chi connectivity index (χ4n) is 2.37. The van der Waals surface area contributed by atoms with Crippen molar-refractivity contribution in [3.63, 3.8) is 0 Å². The summed E-state index contributed by atoms with van der Waals surface area (Å²) in [6.45, 7) is 5.04. The molecule has 0 heterocycles. The van der Waals surface area contributed by atoms with Crippen molar-refractivity contribution in [2.45, 2.75) is 20.3 Å². The van der Waals surface area contributed by atoms with Gasteiger partial charge in [0, 0.05) is 23.7 Å². The summed E-state index contributed by atoms with van der Waals surface area (Å²) in [5.41, 5.74) is 2.25. The molecule has 0 bridgehead atoms. The maximum absolute atomic E-state index is 12.6. The third-order valence-corrected chi connectivity index (χ3v) is 5.68. The number of amides is 2. The van der Waals surface area contributed by atoms with Gasteiger partial charge in [-0.15, -0.1) is 0 Å². The van der Waals surface area contributed by atoms with Gasteiger partial charge in [0.05, 0.1) is 21.3 Å². The van der Waals surface area contributed by atoms with Crippen LogP contribution in [0.4, 0.5) is 17.1 Å². The lowest BCUT2D eigenvalue weighted by Gasteiger charge is -2.22. The Labute approximate surface area is 173 Å². The molecule has 0 aliphatic carbocycles. The molecule has 5 nitrogen and oxygen atoms in total. The Kier molecular flexibility index (Phi) is 8.28. The molecule has 0 aliphatic rings. The zero-order valence-electron chi connectivity index (χ0n) is 15.1. The first-order valence-electron chi connectivity index (χ1n) is 8.51. The number of nitrogens with one attached hydrogen (secondary N) is 2. The molecular weight excluding hydrogens is 405 g/mol. The van der Waals surface area contributed by atoms with Crippen molar-refractivity contribution in [1.82, 2.24) is 0 Å². The van der Waals surface area contributed by atoms with E-state index in [0.717, 1.165) is 24.4 Å². The number of benzene rings is 2. The SMILES string of the molecule is CCCSN(CC)c1ccc(C(=O)Nc2ccc(Cl)c(NC=O)c2)c(Cl)c1. The number of anilines is 3. The van der Waals surface area contributed by atoms with E-state index in [1.807, 2.05) is 6.07 Å². The first kappa shape index (κ1) is 21.4. The number of carbonyl (C=O) groups is 2. The fraction of sp³-hybridized carbons (Fsp3) is 0.263. The molecule has 8 heteroatoms. The molecule has 2 aromatic carbocycles. The van der Waals surface area contributed by atoms with Crippen molar-refractivity contribution < 1.29 is 9.59 Å². The molecule has 0 aliphatic heterocycles. The van der Waals surface area contributed by atoms with Gasteiger partial charge in [-0.05, 0) is 61.7 Å². The van der Waals surface area contributed by atoms with Crippen molar-refractivity contribution in [2.24, 2.45) is 0 Å². The third-order valence-electron chi connectivity index (χ3n) is 3.66. The summed E-state index contributed by atoms with van der Waals surface area (Å²) in [5, 5.41) is 6.01. The average Bonchev–Trinajstić information content (AvgIpc) is 2.65. The molecule has 0 aromatic heterocycles. The van der Waals surface area contributed by atoms with Gasteiger partial charge < -0.3 is 14.9 Å². The zero-order chi connectivity index (χ0) is 19.8. The van der Waals surface area contributed by atoms with Crippen LogP contribution in [0.25, 0.3) is 0 Å². The van der Waals surface area contributed by atoms with E-state index in [2.05, 4.69) is 28.8 Å².